The Bertz CT molecular complexity index is 575. The molecule has 2 aromatic rings. The van der Waals surface area contributed by atoms with Gasteiger partial charge in [0, 0.05) is 10.5 Å². The summed E-state index contributed by atoms with van der Waals surface area (Å²) >= 11 is 9.52. The first kappa shape index (κ1) is 14.6. The number of halogens is 2. The minimum Gasteiger partial charge on any atom is -0.324 e. The summed E-state index contributed by atoms with van der Waals surface area (Å²) in [5.41, 5.74) is 11.3. The van der Waals surface area contributed by atoms with Gasteiger partial charge in [0.25, 0.3) is 0 Å². The Balaban J connectivity index is 2.25. The van der Waals surface area contributed by atoms with Gasteiger partial charge in [-0.1, -0.05) is 35.9 Å². The van der Waals surface area contributed by atoms with Crippen LogP contribution in [0.4, 0.5) is 0 Å². The quantitative estimate of drug-likeness (QED) is 0.841. The first-order chi connectivity index (χ1) is 8.99. The Morgan fingerprint density at radius 1 is 1.16 bits per heavy atom. The number of nitrogens with two attached hydrogens (primary N) is 1. The van der Waals surface area contributed by atoms with Crippen LogP contribution in [-0.4, -0.2) is 0 Å². The highest BCUT2D eigenvalue weighted by Crippen LogP contribution is 2.27. The van der Waals surface area contributed by atoms with Crippen LogP contribution in [-0.2, 0) is 6.42 Å². The first-order valence-electron chi connectivity index (χ1n) is 6.24. The van der Waals surface area contributed by atoms with Gasteiger partial charge in [0.05, 0.1) is 5.02 Å². The van der Waals surface area contributed by atoms with Gasteiger partial charge in [-0.3, -0.25) is 0 Å². The lowest BCUT2D eigenvalue weighted by Crippen LogP contribution is -2.14. The molecule has 0 aliphatic heterocycles. The van der Waals surface area contributed by atoms with Crippen molar-refractivity contribution in [2.75, 3.05) is 0 Å². The Hall–Kier alpha value is -0.830. The normalized spacial score (nSPS) is 12.5. The molecule has 2 rings (SSSR count). The molecule has 100 valence electrons. The molecule has 19 heavy (non-hydrogen) atoms. The molecule has 2 N–H and O–H groups in total. The number of hydrogen-bond donors (Lipinski definition) is 1. The van der Waals surface area contributed by atoms with Gasteiger partial charge in [0.1, 0.15) is 0 Å². The third-order valence-electron chi connectivity index (χ3n) is 3.44. The molecule has 0 aromatic heterocycles. The van der Waals surface area contributed by atoms with E-state index in [-0.39, 0.29) is 6.04 Å². The smallest absolute Gasteiger partial charge is 0.0551 e. The molecular formula is C16H17BrClN. The SMILES string of the molecule is Cc1cccc(C)c1CC(N)c1ccc(Br)c(Cl)c1. The van der Waals surface area contributed by atoms with Crippen LogP contribution in [0.2, 0.25) is 5.02 Å². The minimum atomic E-state index is -0.0367. The Morgan fingerprint density at radius 3 is 2.37 bits per heavy atom. The summed E-state index contributed by atoms with van der Waals surface area (Å²) in [6, 6.07) is 12.2. The highest BCUT2D eigenvalue weighted by molar-refractivity contribution is 9.10. The number of hydrogen-bond acceptors (Lipinski definition) is 1. The van der Waals surface area contributed by atoms with Gasteiger partial charge >= 0.3 is 0 Å². The number of benzene rings is 2. The van der Waals surface area contributed by atoms with Crippen molar-refractivity contribution < 1.29 is 0 Å². The largest absolute Gasteiger partial charge is 0.324 e. The molecule has 3 heteroatoms. The van der Waals surface area contributed by atoms with Crippen molar-refractivity contribution in [3.63, 3.8) is 0 Å². The molecule has 2 aromatic carbocycles. The van der Waals surface area contributed by atoms with Crippen molar-refractivity contribution in [1.29, 1.82) is 0 Å². The van der Waals surface area contributed by atoms with E-state index in [0.29, 0.717) is 5.02 Å². The van der Waals surface area contributed by atoms with Gasteiger partial charge in [-0.15, -0.1) is 0 Å². The van der Waals surface area contributed by atoms with E-state index in [4.69, 9.17) is 17.3 Å². The van der Waals surface area contributed by atoms with Gasteiger partial charge in [-0.25, -0.2) is 0 Å². The summed E-state index contributed by atoms with van der Waals surface area (Å²) < 4.78 is 0.900. The van der Waals surface area contributed by atoms with Crippen LogP contribution < -0.4 is 5.73 Å². The van der Waals surface area contributed by atoms with E-state index in [2.05, 4.69) is 48.0 Å². The summed E-state index contributed by atoms with van der Waals surface area (Å²) in [6.07, 6.45) is 0.830. The zero-order chi connectivity index (χ0) is 14.0. The van der Waals surface area contributed by atoms with Crippen LogP contribution in [0.1, 0.15) is 28.3 Å². The molecule has 1 unspecified atom stereocenters. The van der Waals surface area contributed by atoms with E-state index < -0.39 is 0 Å². The van der Waals surface area contributed by atoms with Gasteiger partial charge in [-0.2, -0.15) is 0 Å². The van der Waals surface area contributed by atoms with Crippen LogP contribution in [0.25, 0.3) is 0 Å². The van der Waals surface area contributed by atoms with Crippen molar-refractivity contribution >= 4 is 27.5 Å². The van der Waals surface area contributed by atoms with Gasteiger partial charge in [-0.05, 0) is 70.6 Å². The first-order valence-corrected chi connectivity index (χ1v) is 7.41. The highest BCUT2D eigenvalue weighted by Gasteiger charge is 2.11. The zero-order valence-corrected chi connectivity index (χ0v) is 13.4. The lowest BCUT2D eigenvalue weighted by Gasteiger charge is -2.16. The maximum absolute atomic E-state index is 6.31. The van der Waals surface area contributed by atoms with E-state index >= 15 is 0 Å². The standard InChI is InChI=1S/C16H17BrClN/c1-10-4-3-5-11(2)13(10)9-16(19)12-6-7-14(17)15(18)8-12/h3-8,16H,9,19H2,1-2H3. The Labute approximate surface area is 127 Å². The lowest BCUT2D eigenvalue weighted by atomic mass is 9.93. The van der Waals surface area contributed by atoms with Crippen molar-refractivity contribution in [2.24, 2.45) is 5.73 Å². The van der Waals surface area contributed by atoms with Gasteiger partial charge in [0.2, 0.25) is 0 Å². The van der Waals surface area contributed by atoms with Gasteiger partial charge < -0.3 is 5.73 Å². The Morgan fingerprint density at radius 2 is 1.79 bits per heavy atom. The molecule has 0 saturated heterocycles. The van der Waals surface area contributed by atoms with E-state index in [0.717, 1.165) is 16.5 Å². The topological polar surface area (TPSA) is 26.0 Å². The molecule has 1 atom stereocenters. The van der Waals surface area contributed by atoms with Crippen molar-refractivity contribution in [3.8, 4) is 0 Å². The third-order valence-corrected chi connectivity index (χ3v) is 4.67. The fourth-order valence-corrected chi connectivity index (χ4v) is 2.69. The van der Waals surface area contributed by atoms with Crippen molar-refractivity contribution in [1.82, 2.24) is 0 Å². The minimum absolute atomic E-state index is 0.0367. The average molecular weight is 339 g/mol. The summed E-state index contributed by atoms with van der Waals surface area (Å²) in [4.78, 5) is 0. The zero-order valence-electron chi connectivity index (χ0n) is 11.1. The Kier molecular flexibility index (Phi) is 4.67. The molecule has 0 saturated carbocycles. The van der Waals surface area contributed by atoms with Crippen molar-refractivity contribution in [3.05, 3.63) is 68.1 Å². The molecule has 1 nitrogen and oxygen atoms in total. The maximum Gasteiger partial charge on any atom is 0.0551 e. The fourth-order valence-electron chi connectivity index (χ4n) is 2.25. The fraction of sp³-hybridized carbons (Fsp3) is 0.250. The molecule has 0 heterocycles. The van der Waals surface area contributed by atoms with E-state index in [9.17, 15) is 0 Å². The highest BCUT2D eigenvalue weighted by atomic mass is 79.9. The van der Waals surface area contributed by atoms with E-state index in [1.54, 1.807) is 0 Å². The van der Waals surface area contributed by atoms with E-state index in [1.807, 2.05) is 18.2 Å². The maximum atomic E-state index is 6.31. The summed E-state index contributed by atoms with van der Waals surface area (Å²) in [5, 5.41) is 0.703. The molecule has 0 bridgehead atoms. The average Bonchev–Trinajstić information content (AvgIpc) is 2.37. The third kappa shape index (κ3) is 3.38. The van der Waals surface area contributed by atoms with Crippen LogP contribution in [0.3, 0.4) is 0 Å². The summed E-state index contributed by atoms with van der Waals surface area (Å²) in [6.45, 7) is 4.26. The summed E-state index contributed by atoms with van der Waals surface area (Å²) in [7, 11) is 0. The predicted molar refractivity (Wildman–Crippen MR) is 85.7 cm³/mol. The van der Waals surface area contributed by atoms with Crippen LogP contribution in [0.15, 0.2) is 40.9 Å². The second kappa shape index (κ2) is 6.08. The van der Waals surface area contributed by atoms with Crippen molar-refractivity contribution in [2.45, 2.75) is 26.3 Å². The molecular weight excluding hydrogens is 322 g/mol. The molecule has 0 fully saturated rings. The molecule has 0 aliphatic carbocycles. The molecule has 0 amide bonds. The van der Waals surface area contributed by atoms with E-state index in [1.165, 1.54) is 16.7 Å². The van der Waals surface area contributed by atoms with Crippen LogP contribution >= 0.6 is 27.5 Å². The molecule has 0 radical (unpaired) electrons. The van der Waals surface area contributed by atoms with Crippen LogP contribution in [0.5, 0.6) is 0 Å². The second-order valence-electron chi connectivity index (χ2n) is 4.85. The number of aryl methyl sites for hydroxylation is 2. The lowest BCUT2D eigenvalue weighted by molar-refractivity contribution is 0.715. The van der Waals surface area contributed by atoms with Crippen LogP contribution in [0, 0.1) is 13.8 Å². The summed E-state index contributed by atoms with van der Waals surface area (Å²) in [5.74, 6) is 0. The monoisotopic (exact) mass is 337 g/mol. The second-order valence-corrected chi connectivity index (χ2v) is 6.12. The number of rotatable bonds is 3. The predicted octanol–water partition coefficient (Wildman–Crippen LogP) is 4.96. The molecule has 0 aliphatic rings. The molecule has 0 spiro atoms. The van der Waals surface area contributed by atoms with Gasteiger partial charge in [0.15, 0.2) is 0 Å².